The number of fused-ring (bicyclic) bond motifs is 2. The van der Waals surface area contributed by atoms with Crippen LogP contribution < -0.4 is 19.5 Å². The highest BCUT2D eigenvalue weighted by Gasteiger charge is 2.22. The van der Waals surface area contributed by atoms with Gasteiger partial charge in [-0.15, -0.1) is 11.3 Å². The van der Waals surface area contributed by atoms with E-state index < -0.39 is 0 Å². The molecule has 6 heteroatoms. The van der Waals surface area contributed by atoms with Crippen molar-refractivity contribution in [3.05, 3.63) is 58.6 Å². The lowest BCUT2D eigenvalue weighted by Crippen LogP contribution is -2.27. The van der Waals surface area contributed by atoms with Crippen LogP contribution in [-0.2, 0) is 13.0 Å². The molecule has 0 bridgehead atoms. The summed E-state index contributed by atoms with van der Waals surface area (Å²) in [5.41, 5.74) is 4.72. The molecule has 1 atom stereocenters. The summed E-state index contributed by atoms with van der Waals surface area (Å²) >= 11 is 1.65. The Morgan fingerprint density at radius 3 is 2.89 bits per heavy atom. The fourth-order valence-electron chi connectivity index (χ4n) is 3.65. The van der Waals surface area contributed by atoms with Crippen LogP contribution in [0.1, 0.15) is 36.2 Å². The van der Waals surface area contributed by atoms with E-state index in [0.29, 0.717) is 6.04 Å². The Balaban J connectivity index is 1.30. The van der Waals surface area contributed by atoms with E-state index in [1.807, 2.05) is 18.2 Å². The smallest absolute Gasteiger partial charge is 0.231 e. The second-order valence-electron chi connectivity index (χ2n) is 7.01. The molecule has 0 fully saturated rings. The van der Waals surface area contributed by atoms with Gasteiger partial charge in [-0.25, -0.2) is 4.98 Å². The molecule has 28 heavy (non-hydrogen) atoms. The third-order valence-electron chi connectivity index (χ3n) is 5.22. The van der Waals surface area contributed by atoms with Crippen LogP contribution in [-0.4, -0.2) is 18.4 Å². The Morgan fingerprint density at radius 2 is 1.96 bits per heavy atom. The lowest BCUT2D eigenvalue weighted by atomic mass is 9.97. The molecule has 0 unspecified atom stereocenters. The Bertz CT molecular complexity index is 1000. The first kappa shape index (κ1) is 17.5. The van der Waals surface area contributed by atoms with Gasteiger partial charge in [0.05, 0.1) is 12.3 Å². The van der Waals surface area contributed by atoms with Gasteiger partial charge in [-0.3, -0.25) is 0 Å². The molecule has 0 spiro atoms. The van der Waals surface area contributed by atoms with Crippen molar-refractivity contribution in [1.29, 1.82) is 0 Å². The second-order valence-corrected chi connectivity index (χ2v) is 7.87. The fourth-order valence-corrected chi connectivity index (χ4v) is 4.47. The topological polar surface area (TPSA) is 52.6 Å². The van der Waals surface area contributed by atoms with E-state index in [1.54, 1.807) is 11.3 Å². The molecule has 0 saturated heterocycles. The minimum atomic E-state index is 0.290. The van der Waals surface area contributed by atoms with Crippen LogP contribution >= 0.6 is 11.3 Å². The summed E-state index contributed by atoms with van der Waals surface area (Å²) in [6.45, 7) is 3.95. The first-order valence-electron chi connectivity index (χ1n) is 9.63. The van der Waals surface area contributed by atoms with Crippen molar-refractivity contribution in [2.45, 2.75) is 32.4 Å². The first-order valence-corrected chi connectivity index (χ1v) is 10.5. The normalized spacial score (nSPS) is 17.2. The molecule has 1 N–H and O–H groups in total. The van der Waals surface area contributed by atoms with Crippen molar-refractivity contribution in [2.75, 3.05) is 13.4 Å². The number of ether oxygens (including phenoxy) is 3. The third-order valence-corrected chi connectivity index (χ3v) is 6.16. The number of benzene rings is 2. The summed E-state index contributed by atoms with van der Waals surface area (Å²) in [4.78, 5) is 4.81. The number of hydrogen-bond acceptors (Lipinski definition) is 6. The van der Waals surface area contributed by atoms with Crippen molar-refractivity contribution in [1.82, 2.24) is 10.3 Å². The minimum absolute atomic E-state index is 0.290. The molecule has 5 nitrogen and oxygen atoms in total. The summed E-state index contributed by atoms with van der Waals surface area (Å²) in [5.74, 6) is 2.59. The maximum Gasteiger partial charge on any atom is 0.231 e. The molecule has 0 saturated carbocycles. The van der Waals surface area contributed by atoms with Gasteiger partial charge in [0.15, 0.2) is 11.5 Å². The minimum Gasteiger partial charge on any atom is -0.493 e. The van der Waals surface area contributed by atoms with E-state index in [-0.39, 0.29) is 6.79 Å². The summed E-state index contributed by atoms with van der Waals surface area (Å²) in [5, 5.41) is 6.79. The number of aromatic nitrogens is 1. The van der Waals surface area contributed by atoms with E-state index in [4.69, 9.17) is 19.2 Å². The number of aryl methyl sites for hydroxylation is 1. The average Bonchev–Trinajstić information content (AvgIpc) is 3.40. The predicted octanol–water partition coefficient (Wildman–Crippen LogP) is 4.71. The van der Waals surface area contributed by atoms with Gasteiger partial charge >= 0.3 is 0 Å². The van der Waals surface area contributed by atoms with E-state index in [1.165, 1.54) is 11.1 Å². The van der Waals surface area contributed by atoms with E-state index in [0.717, 1.165) is 59.5 Å². The monoisotopic (exact) mass is 394 g/mol. The van der Waals surface area contributed by atoms with Crippen LogP contribution in [0.3, 0.4) is 0 Å². The maximum absolute atomic E-state index is 5.83. The predicted molar refractivity (Wildman–Crippen MR) is 109 cm³/mol. The van der Waals surface area contributed by atoms with Crippen LogP contribution in [0.4, 0.5) is 0 Å². The third kappa shape index (κ3) is 3.34. The van der Waals surface area contributed by atoms with Crippen molar-refractivity contribution < 1.29 is 14.2 Å². The van der Waals surface area contributed by atoms with Gasteiger partial charge in [-0.1, -0.05) is 19.1 Å². The molecule has 3 heterocycles. The highest BCUT2D eigenvalue weighted by Crippen LogP contribution is 2.37. The molecule has 2 aliphatic heterocycles. The molecule has 2 aliphatic rings. The number of nitrogens with one attached hydrogen (secondary N) is 1. The van der Waals surface area contributed by atoms with Crippen molar-refractivity contribution in [3.63, 3.8) is 0 Å². The molecule has 5 rings (SSSR count). The number of nitrogens with zero attached hydrogens (tertiary/aromatic N) is 1. The van der Waals surface area contributed by atoms with Crippen molar-refractivity contribution in [2.24, 2.45) is 0 Å². The maximum atomic E-state index is 5.83. The van der Waals surface area contributed by atoms with Crippen molar-refractivity contribution >= 4 is 11.3 Å². The Morgan fingerprint density at radius 1 is 1.07 bits per heavy atom. The highest BCUT2D eigenvalue weighted by atomic mass is 32.1. The summed E-state index contributed by atoms with van der Waals surface area (Å²) in [6, 6.07) is 12.8. The number of rotatable bonds is 5. The van der Waals surface area contributed by atoms with E-state index in [9.17, 15) is 0 Å². The van der Waals surface area contributed by atoms with E-state index >= 15 is 0 Å². The second kappa shape index (κ2) is 7.45. The largest absolute Gasteiger partial charge is 0.493 e. The Kier molecular flexibility index (Phi) is 4.66. The van der Waals surface area contributed by atoms with Crippen LogP contribution in [0.25, 0.3) is 10.6 Å². The zero-order valence-electron chi connectivity index (χ0n) is 15.7. The van der Waals surface area contributed by atoms with E-state index in [2.05, 4.69) is 35.8 Å². The van der Waals surface area contributed by atoms with Crippen LogP contribution in [0.5, 0.6) is 17.2 Å². The lowest BCUT2D eigenvalue weighted by molar-refractivity contribution is 0.174. The fraction of sp³-hybridized carbons (Fsp3) is 0.318. The summed E-state index contributed by atoms with van der Waals surface area (Å²) < 4.78 is 16.7. The average molecular weight is 394 g/mol. The van der Waals surface area contributed by atoms with Gasteiger partial charge in [0.1, 0.15) is 10.8 Å². The van der Waals surface area contributed by atoms with Crippen molar-refractivity contribution in [3.8, 4) is 27.8 Å². The standard InChI is InChI=1S/C22H22N2O3S/c1-2-14-3-5-19-17(9-14)18(7-8-25-19)23-11-16-12-28-22(24-16)15-4-6-20-21(10-15)27-13-26-20/h3-6,9-10,12,18,23H,2,7-8,11,13H2,1H3/t18-/m0/s1. The van der Waals surface area contributed by atoms with Crippen LogP contribution in [0.2, 0.25) is 0 Å². The van der Waals surface area contributed by atoms with Gasteiger partial charge in [-0.2, -0.15) is 0 Å². The first-order chi connectivity index (χ1) is 13.8. The number of thiazole rings is 1. The molecule has 0 aliphatic carbocycles. The van der Waals surface area contributed by atoms with Gasteiger partial charge in [-0.05, 0) is 36.2 Å². The zero-order chi connectivity index (χ0) is 18.9. The van der Waals surface area contributed by atoms with Crippen LogP contribution in [0.15, 0.2) is 41.8 Å². The quantitative estimate of drug-likeness (QED) is 0.679. The molecule has 1 aromatic heterocycles. The summed E-state index contributed by atoms with van der Waals surface area (Å²) in [6.07, 6.45) is 2.00. The molecule has 2 aromatic carbocycles. The molecule has 3 aromatic rings. The Hall–Kier alpha value is -2.57. The molecular weight excluding hydrogens is 372 g/mol. The lowest BCUT2D eigenvalue weighted by Gasteiger charge is -2.27. The van der Waals surface area contributed by atoms with Gasteiger partial charge in [0.25, 0.3) is 0 Å². The Labute approximate surface area is 168 Å². The molecule has 0 radical (unpaired) electrons. The zero-order valence-corrected chi connectivity index (χ0v) is 16.6. The van der Waals surface area contributed by atoms with Gasteiger partial charge < -0.3 is 19.5 Å². The van der Waals surface area contributed by atoms with Crippen LogP contribution in [0, 0.1) is 0 Å². The summed E-state index contributed by atoms with van der Waals surface area (Å²) in [7, 11) is 0. The molecule has 0 amide bonds. The molecular formula is C22H22N2O3S. The van der Waals surface area contributed by atoms with Gasteiger partial charge in [0.2, 0.25) is 6.79 Å². The SMILES string of the molecule is CCc1ccc2c(c1)[C@@H](NCc1csc(-c3ccc4c(c3)OCO4)n1)CCO2. The molecule has 144 valence electrons. The highest BCUT2D eigenvalue weighted by molar-refractivity contribution is 7.13. The van der Waals surface area contributed by atoms with Gasteiger partial charge in [0, 0.05) is 35.5 Å². The number of hydrogen-bond donors (Lipinski definition) is 1.